The van der Waals surface area contributed by atoms with Crippen molar-refractivity contribution in [1.82, 2.24) is 10.3 Å². The van der Waals surface area contributed by atoms with Gasteiger partial charge in [-0.05, 0) is 24.5 Å². The second-order valence-electron chi connectivity index (χ2n) is 4.57. The molecule has 4 nitrogen and oxygen atoms in total. The molecule has 19 heavy (non-hydrogen) atoms. The summed E-state index contributed by atoms with van der Waals surface area (Å²) in [5, 5.41) is 3.65. The van der Waals surface area contributed by atoms with Crippen LogP contribution < -0.4 is 5.32 Å². The maximum absolute atomic E-state index is 11.7. The summed E-state index contributed by atoms with van der Waals surface area (Å²) in [7, 11) is 0. The molecule has 1 aromatic rings. The third kappa shape index (κ3) is 5.61. The van der Waals surface area contributed by atoms with Crippen LogP contribution in [0.3, 0.4) is 0 Å². The molecule has 1 aliphatic heterocycles. The molecular weight excluding hydrogens is 260 g/mol. The Hall–Kier alpha value is -1.07. The fourth-order valence-electron chi connectivity index (χ4n) is 2.01. The van der Waals surface area contributed by atoms with Gasteiger partial charge < -0.3 is 10.1 Å². The van der Waals surface area contributed by atoms with Gasteiger partial charge in [-0.15, -0.1) is 0 Å². The molecule has 0 aromatic carbocycles. The van der Waals surface area contributed by atoms with Crippen LogP contribution in [0.15, 0.2) is 24.5 Å². The zero-order valence-corrected chi connectivity index (χ0v) is 11.8. The maximum Gasteiger partial charge on any atom is 0.224 e. The van der Waals surface area contributed by atoms with Gasteiger partial charge in [0.2, 0.25) is 5.91 Å². The molecule has 0 bridgehead atoms. The van der Waals surface area contributed by atoms with Crippen LogP contribution in [0.4, 0.5) is 0 Å². The first-order valence-corrected chi connectivity index (χ1v) is 7.74. The fourth-order valence-corrected chi connectivity index (χ4v) is 3.09. The van der Waals surface area contributed by atoms with Crippen molar-refractivity contribution in [1.29, 1.82) is 0 Å². The van der Waals surface area contributed by atoms with Crippen molar-refractivity contribution in [3.05, 3.63) is 30.1 Å². The van der Waals surface area contributed by atoms with Gasteiger partial charge in [0.25, 0.3) is 0 Å². The van der Waals surface area contributed by atoms with E-state index >= 15 is 0 Å². The predicted molar refractivity (Wildman–Crippen MR) is 77.2 cm³/mol. The van der Waals surface area contributed by atoms with Crippen LogP contribution in [-0.4, -0.2) is 41.7 Å². The number of thioether (sulfide) groups is 1. The summed E-state index contributed by atoms with van der Waals surface area (Å²) in [5.41, 5.74) is 0.956. The topological polar surface area (TPSA) is 51.2 Å². The summed E-state index contributed by atoms with van der Waals surface area (Å²) in [6.07, 6.45) is 6.13. The van der Waals surface area contributed by atoms with Gasteiger partial charge in [0, 0.05) is 43.2 Å². The first-order chi connectivity index (χ1) is 9.34. The number of nitrogens with zero attached hydrogens (tertiary/aromatic N) is 1. The molecule has 0 radical (unpaired) electrons. The van der Waals surface area contributed by atoms with E-state index in [-0.39, 0.29) is 5.91 Å². The Kier molecular flexibility index (Phi) is 6.17. The lowest BCUT2D eigenvalue weighted by Gasteiger charge is -2.21. The van der Waals surface area contributed by atoms with Crippen LogP contribution >= 0.6 is 11.8 Å². The SMILES string of the molecule is O=C(Cc1cccnc1)NCCSC1CCOCC1. The third-order valence-electron chi connectivity index (χ3n) is 3.03. The highest BCUT2D eigenvalue weighted by Gasteiger charge is 2.13. The van der Waals surface area contributed by atoms with Gasteiger partial charge in [-0.3, -0.25) is 9.78 Å². The van der Waals surface area contributed by atoms with Crippen molar-refractivity contribution >= 4 is 17.7 Å². The van der Waals surface area contributed by atoms with E-state index in [1.807, 2.05) is 23.9 Å². The average Bonchev–Trinajstić information content (AvgIpc) is 2.46. The number of carbonyl (C=O) groups excluding carboxylic acids is 1. The van der Waals surface area contributed by atoms with Crippen molar-refractivity contribution < 1.29 is 9.53 Å². The highest BCUT2D eigenvalue weighted by Crippen LogP contribution is 2.21. The van der Waals surface area contributed by atoms with E-state index in [9.17, 15) is 4.79 Å². The number of pyridine rings is 1. The molecule has 1 saturated heterocycles. The summed E-state index contributed by atoms with van der Waals surface area (Å²) >= 11 is 1.94. The van der Waals surface area contributed by atoms with Gasteiger partial charge in [0.1, 0.15) is 0 Å². The molecule has 0 atom stereocenters. The molecule has 1 fully saturated rings. The lowest BCUT2D eigenvalue weighted by Crippen LogP contribution is -2.28. The van der Waals surface area contributed by atoms with Crippen molar-refractivity contribution in [3.8, 4) is 0 Å². The maximum atomic E-state index is 11.7. The zero-order valence-electron chi connectivity index (χ0n) is 11.0. The Morgan fingerprint density at radius 3 is 3.05 bits per heavy atom. The largest absolute Gasteiger partial charge is 0.381 e. The summed E-state index contributed by atoms with van der Waals surface area (Å²) in [6.45, 7) is 2.50. The number of nitrogens with one attached hydrogen (secondary N) is 1. The van der Waals surface area contributed by atoms with Crippen LogP contribution in [0, 0.1) is 0 Å². The normalized spacial score (nSPS) is 16.2. The van der Waals surface area contributed by atoms with Gasteiger partial charge in [-0.25, -0.2) is 0 Å². The smallest absolute Gasteiger partial charge is 0.224 e. The van der Waals surface area contributed by atoms with Crippen LogP contribution in [0.2, 0.25) is 0 Å². The van der Waals surface area contributed by atoms with Crippen LogP contribution in [0.5, 0.6) is 0 Å². The van der Waals surface area contributed by atoms with Crippen LogP contribution in [-0.2, 0) is 16.0 Å². The number of ether oxygens (including phenoxy) is 1. The molecule has 2 rings (SSSR count). The second-order valence-corrected chi connectivity index (χ2v) is 5.98. The molecule has 2 heterocycles. The number of hydrogen-bond donors (Lipinski definition) is 1. The van der Waals surface area contributed by atoms with Gasteiger partial charge in [-0.2, -0.15) is 11.8 Å². The zero-order chi connectivity index (χ0) is 13.3. The molecular formula is C14H20N2O2S. The van der Waals surface area contributed by atoms with Crippen molar-refractivity contribution in [2.45, 2.75) is 24.5 Å². The Balaban J connectivity index is 1.56. The summed E-state index contributed by atoms with van der Waals surface area (Å²) in [4.78, 5) is 15.7. The summed E-state index contributed by atoms with van der Waals surface area (Å²) < 4.78 is 5.32. The summed E-state index contributed by atoms with van der Waals surface area (Å²) in [5.74, 6) is 1.05. The molecule has 1 aromatic heterocycles. The first kappa shape index (κ1) is 14.3. The molecule has 0 aliphatic carbocycles. The molecule has 0 saturated carbocycles. The molecule has 104 valence electrons. The monoisotopic (exact) mass is 280 g/mol. The Morgan fingerprint density at radius 1 is 1.47 bits per heavy atom. The molecule has 0 unspecified atom stereocenters. The third-order valence-corrected chi connectivity index (χ3v) is 4.42. The Morgan fingerprint density at radius 2 is 2.32 bits per heavy atom. The minimum atomic E-state index is 0.0700. The molecule has 1 aliphatic rings. The average molecular weight is 280 g/mol. The fraction of sp³-hybridized carbons (Fsp3) is 0.571. The van der Waals surface area contributed by atoms with E-state index in [1.165, 1.54) is 0 Å². The lowest BCUT2D eigenvalue weighted by atomic mass is 10.2. The number of carbonyl (C=O) groups is 1. The number of aromatic nitrogens is 1. The van der Waals surface area contributed by atoms with Gasteiger partial charge in [0.15, 0.2) is 0 Å². The minimum absolute atomic E-state index is 0.0700. The van der Waals surface area contributed by atoms with Gasteiger partial charge >= 0.3 is 0 Å². The molecule has 1 N–H and O–H groups in total. The summed E-state index contributed by atoms with van der Waals surface area (Å²) in [6, 6.07) is 3.77. The van der Waals surface area contributed by atoms with E-state index in [1.54, 1.807) is 12.4 Å². The second kappa shape index (κ2) is 8.17. The number of hydrogen-bond acceptors (Lipinski definition) is 4. The van der Waals surface area contributed by atoms with Gasteiger partial charge in [-0.1, -0.05) is 6.07 Å². The number of amides is 1. The van der Waals surface area contributed by atoms with Crippen LogP contribution in [0.25, 0.3) is 0 Å². The predicted octanol–water partition coefficient (Wildman–Crippen LogP) is 1.65. The van der Waals surface area contributed by atoms with E-state index in [4.69, 9.17) is 4.74 Å². The first-order valence-electron chi connectivity index (χ1n) is 6.69. The van der Waals surface area contributed by atoms with E-state index < -0.39 is 0 Å². The van der Waals surface area contributed by atoms with E-state index in [0.29, 0.717) is 11.7 Å². The Bertz CT molecular complexity index is 380. The number of rotatable bonds is 6. The minimum Gasteiger partial charge on any atom is -0.381 e. The van der Waals surface area contributed by atoms with E-state index in [2.05, 4.69) is 10.3 Å². The quantitative estimate of drug-likeness (QED) is 0.805. The molecule has 5 heteroatoms. The molecule has 1 amide bonds. The molecule has 0 spiro atoms. The van der Waals surface area contributed by atoms with Crippen molar-refractivity contribution in [3.63, 3.8) is 0 Å². The highest BCUT2D eigenvalue weighted by molar-refractivity contribution is 7.99. The van der Waals surface area contributed by atoms with Crippen molar-refractivity contribution in [2.24, 2.45) is 0 Å². The van der Waals surface area contributed by atoms with E-state index in [0.717, 1.165) is 43.9 Å². The highest BCUT2D eigenvalue weighted by atomic mass is 32.2. The van der Waals surface area contributed by atoms with Crippen molar-refractivity contribution in [2.75, 3.05) is 25.5 Å². The van der Waals surface area contributed by atoms with Gasteiger partial charge in [0.05, 0.1) is 6.42 Å². The standard InChI is InChI=1S/C14H20N2O2S/c17-14(10-12-2-1-5-15-11-12)16-6-9-19-13-3-7-18-8-4-13/h1-2,5,11,13H,3-4,6-10H2,(H,16,17). The van der Waals surface area contributed by atoms with Crippen LogP contribution in [0.1, 0.15) is 18.4 Å². The lowest BCUT2D eigenvalue weighted by molar-refractivity contribution is -0.120. The Labute approximate surface area is 118 Å².